The summed E-state index contributed by atoms with van der Waals surface area (Å²) in [4.78, 5) is 6.89. The molecular formula is C22H34N6O. The van der Waals surface area contributed by atoms with Gasteiger partial charge in [-0.05, 0) is 49.0 Å². The van der Waals surface area contributed by atoms with Crippen molar-refractivity contribution in [3.8, 4) is 0 Å². The molecule has 0 spiro atoms. The van der Waals surface area contributed by atoms with Gasteiger partial charge in [0.15, 0.2) is 5.96 Å². The van der Waals surface area contributed by atoms with Crippen LogP contribution in [0.1, 0.15) is 24.0 Å². The molecule has 3 rings (SSSR count). The fraction of sp³-hybridized carbons (Fsp3) is 0.545. The largest absolute Gasteiger partial charge is 0.383 e. The maximum Gasteiger partial charge on any atom is 0.191 e. The van der Waals surface area contributed by atoms with Gasteiger partial charge in [-0.2, -0.15) is 5.10 Å². The van der Waals surface area contributed by atoms with Crippen molar-refractivity contribution in [1.29, 1.82) is 0 Å². The van der Waals surface area contributed by atoms with Crippen LogP contribution in [0.4, 0.5) is 0 Å². The number of methoxy groups -OCH3 is 1. The van der Waals surface area contributed by atoms with Crippen LogP contribution >= 0.6 is 0 Å². The van der Waals surface area contributed by atoms with Crippen molar-refractivity contribution in [2.75, 3.05) is 46.9 Å². The maximum absolute atomic E-state index is 5.18. The van der Waals surface area contributed by atoms with E-state index >= 15 is 0 Å². The summed E-state index contributed by atoms with van der Waals surface area (Å²) in [5.74, 6) is 1.56. The third-order valence-electron chi connectivity index (χ3n) is 5.56. The van der Waals surface area contributed by atoms with Gasteiger partial charge in [0.1, 0.15) is 0 Å². The van der Waals surface area contributed by atoms with E-state index in [2.05, 4.69) is 49.9 Å². The first-order valence-corrected chi connectivity index (χ1v) is 10.5. The number of aliphatic imine (C=N–C) groups is 1. The minimum absolute atomic E-state index is 0.694. The number of guanidine groups is 1. The molecule has 0 atom stereocenters. The van der Waals surface area contributed by atoms with Crippen LogP contribution in [0.2, 0.25) is 0 Å². The van der Waals surface area contributed by atoms with Crippen molar-refractivity contribution in [3.63, 3.8) is 0 Å². The Bertz CT molecular complexity index is 738. The van der Waals surface area contributed by atoms with E-state index in [4.69, 9.17) is 4.74 Å². The molecule has 1 aromatic carbocycles. The Morgan fingerprint density at radius 2 is 1.97 bits per heavy atom. The molecule has 29 heavy (non-hydrogen) atoms. The van der Waals surface area contributed by atoms with Crippen molar-refractivity contribution in [2.45, 2.75) is 25.9 Å². The second-order valence-electron chi connectivity index (χ2n) is 7.56. The Labute approximate surface area is 174 Å². The van der Waals surface area contributed by atoms with Gasteiger partial charge in [0.05, 0.1) is 13.2 Å². The van der Waals surface area contributed by atoms with E-state index in [1.54, 1.807) is 7.11 Å². The monoisotopic (exact) mass is 398 g/mol. The predicted molar refractivity (Wildman–Crippen MR) is 117 cm³/mol. The quantitative estimate of drug-likeness (QED) is 0.499. The third-order valence-corrected chi connectivity index (χ3v) is 5.56. The summed E-state index contributed by atoms with van der Waals surface area (Å²) >= 11 is 0. The second kappa shape index (κ2) is 11.6. The van der Waals surface area contributed by atoms with Gasteiger partial charge in [0, 0.05) is 46.2 Å². The third kappa shape index (κ3) is 6.87. The van der Waals surface area contributed by atoms with Crippen molar-refractivity contribution in [3.05, 3.63) is 53.9 Å². The molecular weight excluding hydrogens is 364 g/mol. The molecule has 0 radical (unpaired) electrons. The molecule has 1 saturated heterocycles. The fourth-order valence-electron chi connectivity index (χ4n) is 3.73. The Morgan fingerprint density at radius 1 is 1.17 bits per heavy atom. The molecule has 2 heterocycles. The lowest BCUT2D eigenvalue weighted by atomic mass is 9.97. The molecule has 0 unspecified atom stereocenters. The van der Waals surface area contributed by atoms with Crippen LogP contribution < -0.4 is 10.6 Å². The molecule has 7 nitrogen and oxygen atoms in total. The number of hydrogen-bond donors (Lipinski definition) is 2. The van der Waals surface area contributed by atoms with Gasteiger partial charge in [0.2, 0.25) is 0 Å². The first-order valence-electron chi connectivity index (χ1n) is 10.5. The minimum atomic E-state index is 0.694. The highest BCUT2D eigenvalue weighted by atomic mass is 16.5. The summed E-state index contributed by atoms with van der Waals surface area (Å²) in [6.45, 7) is 6.65. The van der Waals surface area contributed by atoms with Crippen molar-refractivity contribution in [2.24, 2.45) is 10.9 Å². The number of rotatable bonds is 9. The summed E-state index contributed by atoms with van der Waals surface area (Å²) in [7, 11) is 3.60. The Morgan fingerprint density at radius 3 is 2.66 bits per heavy atom. The van der Waals surface area contributed by atoms with Crippen LogP contribution in [0, 0.1) is 5.92 Å². The number of nitrogens with zero attached hydrogens (tertiary/aromatic N) is 4. The molecule has 0 saturated carbocycles. The van der Waals surface area contributed by atoms with Gasteiger partial charge in [-0.3, -0.25) is 9.67 Å². The molecule has 2 N–H and O–H groups in total. The standard InChI is InChI=1S/C22H34N6O/c1-23-22(24-16-19-8-12-27(13-9-19)14-15-29-2)25-17-20-6-3-4-7-21(20)18-28-11-5-10-26-28/h3-7,10-11,19H,8-9,12-18H2,1-2H3,(H2,23,24,25). The highest BCUT2D eigenvalue weighted by Crippen LogP contribution is 2.16. The zero-order valence-corrected chi connectivity index (χ0v) is 17.7. The number of benzene rings is 1. The van der Waals surface area contributed by atoms with E-state index in [1.807, 2.05) is 30.2 Å². The lowest BCUT2D eigenvalue weighted by molar-refractivity contribution is 0.121. The lowest BCUT2D eigenvalue weighted by Gasteiger charge is -2.32. The zero-order chi connectivity index (χ0) is 20.3. The molecule has 0 amide bonds. The van der Waals surface area contributed by atoms with Crippen LogP contribution in [0.15, 0.2) is 47.7 Å². The van der Waals surface area contributed by atoms with E-state index in [0.717, 1.165) is 51.8 Å². The topological polar surface area (TPSA) is 66.7 Å². The highest BCUT2D eigenvalue weighted by Gasteiger charge is 2.19. The maximum atomic E-state index is 5.18. The number of nitrogens with one attached hydrogen (secondary N) is 2. The van der Waals surface area contributed by atoms with Gasteiger partial charge in [-0.1, -0.05) is 24.3 Å². The first-order chi connectivity index (χ1) is 14.3. The molecule has 0 bridgehead atoms. The lowest BCUT2D eigenvalue weighted by Crippen LogP contribution is -2.43. The van der Waals surface area contributed by atoms with Gasteiger partial charge in [0.25, 0.3) is 0 Å². The molecule has 2 aromatic rings. The minimum Gasteiger partial charge on any atom is -0.383 e. The van der Waals surface area contributed by atoms with E-state index in [9.17, 15) is 0 Å². The number of likely N-dealkylation sites (tertiary alicyclic amines) is 1. The molecule has 1 aliphatic heterocycles. The van der Waals surface area contributed by atoms with E-state index in [-0.39, 0.29) is 0 Å². The summed E-state index contributed by atoms with van der Waals surface area (Å²) < 4.78 is 7.13. The summed E-state index contributed by atoms with van der Waals surface area (Å²) in [6, 6.07) is 10.4. The first kappa shape index (κ1) is 21.3. The van der Waals surface area contributed by atoms with Crippen LogP contribution in [-0.4, -0.2) is 67.6 Å². The van der Waals surface area contributed by atoms with Crippen molar-refractivity contribution < 1.29 is 4.74 Å². The average molecular weight is 399 g/mol. The van der Waals surface area contributed by atoms with Crippen LogP contribution in [-0.2, 0) is 17.8 Å². The molecule has 158 valence electrons. The van der Waals surface area contributed by atoms with E-state index in [1.165, 1.54) is 24.0 Å². The van der Waals surface area contributed by atoms with Crippen LogP contribution in [0.5, 0.6) is 0 Å². The SMILES string of the molecule is CN=C(NCc1ccccc1Cn1cccn1)NCC1CCN(CCOC)CC1. The van der Waals surface area contributed by atoms with Crippen molar-refractivity contribution >= 4 is 5.96 Å². The van der Waals surface area contributed by atoms with Gasteiger partial charge < -0.3 is 20.3 Å². The van der Waals surface area contributed by atoms with Gasteiger partial charge >= 0.3 is 0 Å². The second-order valence-corrected chi connectivity index (χ2v) is 7.56. The van der Waals surface area contributed by atoms with E-state index in [0.29, 0.717) is 5.92 Å². The molecule has 7 heteroatoms. The Hall–Kier alpha value is -2.38. The van der Waals surface area contributed by atoms with Gasteiger partial charge in [-0.25, -0.2) is 0 Å². The Kier molecular flexibility index (Phi) is 8.52. The smallest absolute Gasteiger partial charge is 0.191 e. The molecule has 1 aliphatic rings. The molecule has 1 fully saturated rings. The average Bonchev–Trinajstić information content (AvgIpc) is 3.27. The number of ether oxygens (including phenoxy) is 1. The normalized spacial score (nSPS) is 16.1. The molecule has 1 aromatic heterocycles. The summed E-state index contributed by atoms with van der Waals surface area (Å²) in [6.07, 6.45) is 6.25. The number of piperidine rings is 1. The number of aromatic nitrogens is 2. The van der Waals surface area contributed by atoms with E-state index < -0.39 is 0 Å². The summed E-state index contributed by atoms with van der Waals surface area (Å²) in [5, 5.41) is 11.3. The zero-order valence-electron chi connectivity index (χ0n) is 17.7. The summed E-state index contributed by atoms with van der Waals surface area (Å²) in [5.41, 5.74) is 2.53. The van der Waals surface area contributed by atoms with Gasteiger partial charge in [-0.15, -0.1) is 0 Å². The number of hydrogen-bond acceptors (Lipinski definition) is 4. The fourth-order valence-corrected chi connectivity index (χ4v) is 3.73. The van der Waals surface area contributed by atoms with Crippen LogP contribution in [0.3, 0.4) is 0 Å². The molecule has 0 aliphatic carbocycles. The highest BCUT2D eigenvalue weighted by molar-refractivity contribution is 5.79. The van der Waals surface area contributed by atoms with Crippen molar-refractivity contribution in [1.82, 2.24) is 25.3 Å². The Balaban J connectivity index is 1.43. The van der Waals surface area contributed by atoms with Crippen LogP contribution in [0.25, 0.3) is 0 Å². The predicted octanol–water partition coefficient (Wildman–Crippen LogP) is 1.95.